The van der Waals surface area contributed by atoms with Crippen molar-refractivity contribution in [3.05, 3.63) is 29.8 Å². The van der Waals surface area contributed by atoms with Crippen molar-refractivity contribution in [2.45, 2.75) is 45.7 Å². The van der Waals surface area contributed by atoms with Crippen LogP contribution in [0.25, 0.3) is 0 Å². The van der Waals surface area contributed by atoms with E-state index in [1.807, 2.05) is 36.1 Å². The Balaban J connectivity index is 2.83. The van der Waals surface area contributed by atoms with E-state index in [0.717, 1.165) is 30.6 Å². The highest BCUT2D eigenvalue weighted by atomic mass is 16.4. The number of anilines is 1. The minimum absolute atomic E-state index is 0.411. The first-order chi connectivity index (χ1) is 9.08. The Hall–Kier alpha value is -1.55. The summed E-state index contributed by atoms with van der Waals surface area (Å²) in [6, 6.07) is 7.24. The van der Waals surface area contributed by atoms with Crippen LogP contribution < -0.4 is 5.73 Å². The average molecular weight is 264 g/mol. The van der Waals surface area contributed by atoms with Crippen LogP contribution in [0.1, 0.15) is 38.7 Å². The molecule has 0 radical (unpaired) electrons. The highest BCUT2D eigenvalue weighted by Crippen LogP contribution is 2.15. The molecule has 0 amide bonds. The van der Waals surface area contributed by atoms with Gasteiger partial charge in [-0.1, -0.05) is 32.4 Å². The lowest BCUT2D eigenvalue weighted by molar-refractivity contribution is -0.143. The van der Waals surface area contributed by atoms with Crippen LogP contribution in [0.4, 0.5) is 5.69 Å². The van der Waals surface area contributed by atoms with Crippen molar-refractivity contribution in [3.63, 3.8) is 0 Å². The molecule has 0 aliphatic heterocycles. The Morgan fingerprint density at radius 1 is 1.37 bits per heavy atom. The lowest BCUT2D eigenvalue weighted by atomic mass is 10.1. The van der Waals surface area contributed by atoms with Gasteiger partial charge < -0.3 is 10.8 Å². The topological polar surface area (TPSA) is 66.6 Å². The van der Waals surface area contributed by atoms with Gasteiger partial charge in [-0.25, -0.2) is 0 Å². The van der Waals surface area contributed by atoms with Crippen LogP contribution in [0.5, 0.6) is 0 Å². The summed E-state index contributed by atoms with van der Waals surface area (Å²) < 4.78 is 0. The number of hydrogen-bond acceptors (Lipinski definition) is 3. The van der Waals surface area contributed by atoms with E-state index in [-0.39, 0.29) is 0 Å². The van der Waals surface area contributed by atoms with Crippen molar-refractivity contribution in [3.8, 4) is 0 Å². The summed E-state index contributed by atoms with van der Waals surface area (Å²) in [6.07, 6.45) is 2.49. The zero-order valence-electron chi connectivity index (χ0n) is 11.8. The van der Waals surface area contributed by atoms with Crippen LogP contribution in [0.3, 0.4) is 0 Å². The molecule has 0 bridgehead atoms. The third-order valence-electron chi connectivity index (χ3n) is 3.14. The molecule has 0 spiro atoms. The van der Waals surface area contributed by atoms with Crippen LogP contribution in [0.2, 0.25) is 0 Å². The molecule has 1 aromatic carbocycles. The average Bonchev–Trinajstić information content (AvgIpc) is 2.35. The van der Waals surface area contributed by atoms with E-state index >= 15 is 0 Å². The predicted octanol–water partition coefficient (Wildman–Crippen LogP) is 2.73. The normalized spacial score (nSPS) is 12.6. The SMILES string of the molecule is CCCC(C(=O)O)N(CCC)Cc1cccc(N)c1. The van der Waals surface area contributed by atoms with E-state index in [1.54, 1.807) is 0 Å². The van der Waals surface area contributed by atoms with Crippen molar-refractivity contribution in [2.24, 2.45) is 0 Å². The van der Waals surface area contributed by atoms with Gasteiger partial charge >= 0.3 is 5.97 Å². The van der Waals surface area contributed by atoms with Crippen molar-refractivity contribution in [1.29, 1.82) is 0 Å². The summed E-state index contributed by atoms with van der Waals surface area (Å²) in [4.78, 5) is 13.4. The van der Waals surface area contributed by atoms with Gasteiger partial charge in [0.1, 0.15) is 6.04 Å². The first-order valence-corrected chi connectivity index (χ1v) is 6.89. The molecule has 0 fully saturated rings. The number of carboxylic acid groups (broad SMARTS) is 1. The summed E-state index contributed by atoms with van der Waals surface area (Å²) in [5.74, 6) is -0.737. The molecule has 19 heavy (non-hydrogen) atoms. The van der Waals surface area contributed by atoms with Gasteiger partial charge in [-0.05, 0) is 37.1 Å². The molecule has 1 atom stereocenters. The first kappa shape index (κ1) is 15.5. The molecule has 1 rings (SSSR count). The van der Waals surface area contributed by atoms with Crippen molar-refractivity contribution >= 4 is 11.7 Å². The number of rotatable bonds is 8. The lowest BCUT2D eigenvalue weighted by Crippen LogP contribution is -2.41. The second-order valence-electron chi connectivity index (χ2n) is 4.86. The Morgan fingerprint density at radius 2 is 2.11 bits per heavy atom. The summed E-state index contributed by atoms with van der Waals surface area (Å²) in [5, 5.41) is 9.37. The van der Waals surface area contributed by atoms with Gasteiger partial charge in [0.05, 0.1) is 0 Å². The van der Waals surface area contributed by atoms with E-state index in [1.165, 1.54) is 0 Å². The summed E-state index contributed by atoms with van der Waals surface area (Å²) in [6.45, 7) is 5.50. The first-order valence-electron chi connectivity index (χ1n) is 6.89. The Morgan fingerprint density at radius 3 is 2.63 bits per heavy atom. The fourth-order valence-corrected chi connectivity index (χ4v) is 2.29. The maximum atomic E-state index is 11.4. The summed E-state index contributed by atoms with van der Waals surface area (Å²) >= 11 is 0. The molecule has 0 saturated heterocycles. The minimum atomic E-state index is -0.737. The molecular formula is C15H24N2O2. The van der Waals surface area contributed by atoms with E-state index in [4.69, 9.17) is 5.73 Å². The number of benzene rings is 1. The van der Waals surface area contributed by atoms with Gasteiger partial charge in [-0.15, -0.1) is 0 Å². The van der Waals surface area contributed by atoms with Gasteiger partial charge in [0, 0.05) is 12.2 Å². The number of nitrogens with two attached hydrogens (primary N) is 1. The van der Waals surface area contributed by atoms with Crippen molar-refractivity contribution < 1.29 is 9.90 Å². The Labute approximate surface area is 115 Å². The highest BCUT2D eigenvalue weighted by Gasteiger charge is 2.24. The number of carboxylic acids is 1. The highest BCUT2D eigenvalue weighted by molar-refractivity contribution is 5.73. The molecule has 4 heteroatoms. The quantitative estimate of drug-likeness (QED) is 0.708. The Kier molecular flexibility index (Phi) is 6.36. The Bertz CT molecular complexity index is 407. The smallest absolute Gasteiger partial charge is 0.320 e. The minimum Gasteiger partial charge on any atom is -0.480 e. The number of aliphatic carboxylic acids is 1. The second-order valence-corrected chi connectivity index (χ2v) is 4.86. The molecule has 0 saturated carbocycles. The van der Waals surface area contributed by atoms with Crippen LogP contribution in [-0.2, 0) is 11.3 Å². The number of hydrogen-bond donors (Lipinski definition) is 2. The predicted molar refractivity (Wildman–Crippen MR) is 77.9 cm³/mol. The van der Waals surface area contributed by atoms with Gasteiger partial charge in [0.25, 0.3) is 0 Å². The standard InChI is InChI=1S/C15H24N2O2/c1-3-6-14(15(18)19)17(9-4-2)11-12-7-5-8-13(16)10-12/h5,7-8,10,14H,3-4,6,9,11,16H2,1-2H3,(H,18,19). The van der Waals surface area contributed by atoms with Crippen LogP contribution >= 0.6 is 0 Å². The molecule has 1 aromatic rings. The number of nitrogens with zero attached hydrogens (tertiary/aromatic N) is 1. The summed E-state index contributed by atoms with van der Waals surface area (Å²) in [5.41, 5.74) is 7.55. The lowest BCUT2D eigenvalue weighted by Gasteiger charge is -2.28. The monoisotopic (exact) mass is 264 g/mol. The largest absolute Gasteiger partial charge is 0.480 e. The van der Waals surface area contributed by atoms with Gasteiger partial charge in [-0.3, -0.25) is 9.69 Å². The van der Waals surface area contributed by atoms with E-state index in [2.05, 4.69) is 6.92 Å². The van der Waals surface area contributed by atoms with Crippen molar-refractivity contribution in [1.82, 2.24) is 4.90 Å². The molecule has 0 aliphatic carbocycles. The van der Waals surface area contributed by atoms with Gasteiger partial charge in [0.15, 0.2) is 0 Å². The maximum absolute atomic E-state index is 11.4. The second kappa shape index (κ2) is 7.79. The number of carbonyl (C=O) groups is 1. The fourth-order valence-electron chi connectivity index (χ4n) is 2.29. The molecular weight excluding hydrogens is 240 g/mol. The fraction of sp³-hybridized carbons (Fsp3) is 0.533. The number of nitrogen functional groups attached to an aromatic ring is 1. The van der Waals surface area contributed by atoms with E-state index < -0.39 is 12.0 Å². The van der Waals surface area contributed by atoms with Crippen LogP contribution in [0.15, 0.2) is 24.3 Å². The zero-order valence-corrected chi connectivity index (χ0v) is 11.8. The third kappa shape index (κ3) is 4.91. The molecule has 0 aromatic heterocycles. The van der Waals surface area contributed by atoms with E-state index in [0.29, 0.717) is 13.0 Å². The molecule has 4 nitrogen and oxygen atoms in total. The summed E-state index contributed by atoms with van der Waals surface area (Å²) in [7, 11) is 0. The zero-order chi connectivity index (χ0) is 14.3. The molecule has 106 valence electrons. The molecule has 1 unspecified atom stereocenters. The van der Waals surface area contributed by atoms with Crippen LogP contribution in [-0.4, -0.2) is 28.6 Å². The van der Waals surface area contributed by atoms with Crippen LogP contribution in [0, 0.1) is 0 Å². The molecule has 3 N–H and O–H groups in total. The van der Waals surface area contributed by atoms with E-state index in [9.17, 15) is 9.90 Å². The third-order valence-corrected chi connectivity index (χ3v) is 3.14. The maximum Gasteiger partial charge on any atom is 0.320 e. The van der Waals surface area contributed by atoms with Gasteiger partial charge in [-0.2, -0.15) is 0 Å². The van der Waals surface area contributed by atoms with Gasteiger partial charge in [0.2, 0.25) is 0 Å². The van der Waals surface area contributed by atoms with Crippen molar-refractivity contribution in [2.75, 3.05) is 12.3 Å². The molecule has 0 heterocycles. The molecule has 0 aliphatic rings.